The van der Waals surface area contributed by atoms with Gasteiger partial charge in [-0.15, -0.1) is 10.2 Å². The van der Waals surface area contributed by atoms with E-state index in [0.717, 1.165) is 0 Å². The van der Waals surface area contributed by atoms with Crippen LogP contribution in [0.2, 0.25) is 5.02 Å². The summed E-state index contributed by atoms with van der Waals surface area (Å²) in [5.74, 6) is -0.514. The van der Waals surface area contributed by atoms with E-state index in [1.54, 1.807) is 30.3 Å². The SMILES string of the molecule is COc1ccc(CC(=O)OCc2nnc(-c3ccc(Cl)cc3)o2)cc1F. The first-order chi connectivity index (χ1) is 12.5. The van der Waals surface area contributed by atoms with Crippen molar-refractivity contribution in [3.63, 3.8) is 0 Å². The van der Waals surface area contributed by atoms with Gasteiger partial charge < -0.3 is 13.9 Å². The highest BCUT2D eigenvalue weighted by Gasteiger charge is 2.12. The molecule has 2 aromatic carbocycles. The molecule has 6 nitrogen and oxygen atoms in total. The highest BCUT2D eigenvalue weighted by Crippen LogP contribution is 2.21. The lowest BCUT2D eigenvalue weighted by Gasteiger charge is -2.05. The number of aromatic nitrogens is 2. The van der Waals surface area contributed by atoms with E-state index < -0.39 is 11.8 Å². The summed E-state index contributed by atoms with van der Waals surface area (Å²) in [6.07, 6.45) is -0.0842. The van der Waals surface area contributed by atoms with Crippen molar-refractivity contribution in [3.8, 4) is 17.2 Å². The highest BCUT2D eigenvalue weighted by molar-refractivity contribution is 6.30. The van der Waals surface area contributed by atoms with Crippen molar-refractivity contribution in [1.29, 1.82) is 0 Å². The van der Waals surface area contributed by atoms with Gasteiger partial charge in [-0.25, -0.2) is 4.39 Å². The van der Waals surface area contributed by atoms with Crippen LogP contribution in [0, 0.1) is 5.82 Å². The van der Waals surface area contributed by atoms with Crippen molar-refractivity contribution in [2.45, 2.75) is 13.0 Å². The molecule has 0 bridgehead atoms. The van der Waals surface area contributed by atoms with E-state index >= 15 is 0 Å². The zero-order valence-corrected chi connectivity index (χ0v) is 14.5. The van der Waals surface area contributed by atoms with Gasteiger partial charge in [0.15, 0.2) is 18.2 Å². The molecule has 0 atom stereocenters. The Labute approximate surface area is 153 Å². The summed E-state index contributed by atoms with van der Waals surface area (Å²) in [4.78, 5) is 11.9. The smallest absolute Gasteiger partial charge is 0.310 e. The first-order valence-electron chi connectivity index (χ1n) is 7.61. The molecule has 0 N–H and O–H groups in total. The number of esters is 1. The third kappa shape index (κ3) is 4.37. The first-order valence-corrected chi connectivity index (χ1v) is 7.99. The second-order valence-corrected chi connectivity index (χ2v) is 5.75. The number of carbonyl (C=O) groups is 1. The molecule has 0 aliphatic heterocycles. The lowest BCUT2D eigenvalue weighted by atomic mass is 10.1. The van der Waals surface area contributed by atoms with Crippen molar-refractivity contribution >= 4 is 17.6 Å². The van der Waals surface area contributed by atoms with Crippen molar-refractivity contribution in [1.82, 2.24) is 10.2 Å². The summed E-state index contributed by atoms with van der Waals surface area (Å²) in [7, 11) is 1.37. The van der Waals surface area contributed by atoms with Crippen LogP contribution in [0.4, 0.5) is 4.39 Å². The van der Waals surface area contributed by atoms with Gasteiger partial charge in [-0.3, -0.25) is 4.79 Å². The van der Waals surface area contributed by atoms with Gasteiger partial charge in [0.05, 0.1) is 13.5 Å². The molecule has 0 spiro atoms. The molecular weight excluding hydrogens is 363 g/mol. The van der Waals surface area contributed by atoms with Crippen LogP contribution in [-0.2, 0) is 22.6 Å². The van der Waals surface area contributed by atoms with Crippen LogP contribution < -0.4 is 4.74 Å². The van der Waals surface area contributed by atoms with Gasteiger partial charge in [0, 0.05) is 10.6 Å². The fourth-order valence-electron chi connectivity index (χ4n) is 2.20. The van der Waals surface area contributed by atoms with Crippen LogP contribution in [0.15, 0.2) is 46.9 Å². The van der Waals surface area contributed by atoms with Gasteiger partial charge >= 0.3 is 5.97 Å². The number of benzene rings is 2. The van der Waals surface area contributed by atoms with Gasteiger partial charge in [0.1, 0.15) is 0 Å². The van der Waals surface area contributed by atoms with Crippen molar-refractivity contribution in [2.24, 2.45) is 0 Å². The minimum Gasteiger partial charge on any atom is -0.494 e. The average Bonchev–Trinajstić information content (AvgIpc) is 3.10. The maximum atomic E-state index is 13.6. The van der Waals surface area contributed by atoms with E-state index in [-0.39, 0.29) is 24.7 Å². The van der Waals surface area contributed by atoms with Crippen LogP contribution in [0.3, 0.4) is 0 Å². The van der Waals surface area contributed by atoms with Gasteiger partial charge in [0.2, 0.25) is 5.89 Å². The number of ether oxygens (including phenoxy) is 2. The Balaban J connectivity index is 1.56. The third-order valence-electron chi connectivity index (χ3n) is 3.48. The van der Waals surface area contributed by atoms with E-state index in [4.69, 9.17) is 25.5 Å². The minimum absolute atomic E-state index is 0.0842. The zero-order chi connectivity index (χ0) is 18.5. The molecule has 0 unspecified atom stereocenters. The number of nitrogens with zero attached hydrogens (tertiary/aromatic N) is 2. The van der Waals surface area contributed by atoms with Crippen LogP contribution in [-0.4, -0.2) is 23.3 Å². The Morgan fingerprint density at radius 3 is 2.65 bits per heavy atom. The predicted octanol–water partition coefficient (Wildman–Crippen LogP) is 3.82. The maximum Gasteiger partial charge on any atom is 0.310 e. The molecule has 8 heteroatoms. The van der Waals surface area contributed by atoms with Crippen molar-refractivity contribution in [3.05, 3.63) is 64.8 Å². The number of hydrogen-bond acceptors (Lipinski definition) is 6. The largest absolute Gasteiger partial charge is 0.494 e. The summed E-state index contributed by atoms with van der Waals surface area (Å²) in [6.45, 7) is -0.169. The first kappa shape index (κ1) is 17.9. The van der Waals surface area contributed by atoms with Gasteiger partial charge in [-0.1, -0.05) is 17.7 Å². The van der Waals surface area contributed by atoms with E-state index in [1.807, 2.05) is 0 Å². The molecule has 1 aromatic heterocycles. The summed E-state index contributed by atoms with van der Waals surface area (Å²) in [6, 6.07) is 11.2. The summed E-state index contributed by atoms with van der Waals surface area (Å²) in [5, 5.41) is 8.32. The Bertz CT molecular complexity index is 912. The maximum absolute atomic E-state index is 13.6. The average molecular weight is 377 g/mol. The number of methoxy groups -OCH3 is 1. The number of carbonyl (C=O) groups excluding carboxylic acids is 1. The molecule has 0 amide bonds. The quantitative estimate of drug-likeness (QED) is 0.609. The third-order valence-corrected chi connectivity index (χ3v) is 3.73. The standard InChI is InChI=1S/C18H14ClFN2O4/c1-24-15-7-2-11(8-14(15)20)9-17(23)25-10-16-21-22-18(26-16)12-3-5-13(19)6-4-12/h2-8H,9-10H2,1H3. The van der Waals surface area contributed by atoms with Crippen molar-refractivity contribution < 1.29 is 23.1 Å². The normalized spacial score (nSPS) is 10.6. The topological polar surface area (TPSA) is 74.5 Å². The Morgan fingerprint density at radius 2 is 1.96 bits per heavy atom. The summed E-state index contributed by atoms with van der Waals surface area (Å²) >= 11 is 5.83. The molecule has 134 valence electrons. The van der Waals surface area contributed by atoms with Crippen LogP contribution in [0.25, 0.3) is 11.5 Å². The predicted molar refractivity (Wildman–Crippen MR) is 91.2 cm³/mol. The zero-order valence-electron chi connectivity index (χ0n) is 13.7. The van der Waals surface area contributed by atoms with Gasteiger partial charge in [-0.05, 0) is 42.0 Å². The second kappa shape index (κ2) is 7.97. The van der Waals surface area contributed by atoms with Crippen LogP contribution in [0.1, 0.15) is 11.5 Å². The molecular formula is C18H14ClFN2O4. The van der Waals surface area contributed by atoms with E-state index in [1.165, 1.54) is 19.2 Å². The summed E-state index contributed by atoms with van der Waals surface area (Å²) < 4.78 is 29.0. The molecule has 0 radical (unpaired) electrons. The Morgan fingerprint density at radius 1 is 1.19 bits per heavy atom. The fraction of sp³-hybridized carbons (Fsp3) is 0.167. The number of halogens is 2. The monoisotopic (exact) mass is 376 g/mol. The van der Waals surface area contributed by atoms with Crippen LogP contribution >= 0.6 is 11.6 Å². The fourth-order valence-corrected chi connectivity index (χ4v) is 2.33. The molecule has 0 fully saturated rings. The Hall–Kier alpha value is -2.93. The second-order valence-electron chi connectivity index (χ2n) is 5.31. The molecule has 3 rings (SSSR count). The van der Waals surface area contributed by atoms with Crippen molar-refractivity contribution in [2.75, 3.05) is 7.11 Å². The number of rotatable bonds is 6. The van der Waals surface area contributed by atoms with E-state index in [2.05, 4.69) is 10.2 Å². The van der Waals surface area contributed by atoms with Crippen LogP contribution in [0.5, 0.6) is 5.75 Å². The lowest BCUT2D eigenvalue weighted by Crippen LogP contribution is -2.08. The molecule has 26 heavy (non-hydrogen) atoms. The molecule has 0 aliphatic rings. The minimum atomic E-state index is -0.541. The molecule has 1 heterocycles. The number of hydrogen-bond donors (Lipinski definition) is 0. The molecule has 0 aliphatic carbocycles. The lowest BCUT2D eigenvalue weighted by molar-refractivity contribution is -0.144. The van der Waals surface area contributed by atoms with Gasteiger partial charge in [0.25, 0.3) is 5.89 Å². The summed E-state index contributed by atoms with van der Waals surface area (Å²) in [5.41, 5.74) is 1.17. The highest BCUT2D eigenvalue weighted by atomic mass is 35.5. The molecule has 0 saturated carbocycles. The Kier molecular flexibility index (Phi) is 5.48. The molecule has 3 aromatic rings. The van der Waals surface area contributed by atoms with E-state index in [9.17, 15) is 9.18 Å². The van der Waals surface area contributed by atoms with E-state index in [0.29, 0.717) is 22.0 Å². The van der Waals surface area contributed by atoms with Gasteiger partial charge in [-0.2, -0.15) is 0 Å². The molecule has 0 saturated heterocycles.